The second-order valence-corrected chi connectivity index (χ2v) is 7.82. The number of carbonyl (C=O) groups excluding carboxylic acids is 1. The monoisotopic (exact) mass is 368 g/mol. The van der Waals surface area contributed by atoms with Gasteiger partial charge in [-0.2, -0.15) is 0 Å². The first-order valence-corrected chi connectivity index (χ1v) is 8.46. The SMILES string of the molecule is CC(C)C(CN1CC(C)(O)C1)N(C)C(=O)c1ccc(Br)cc1. The molecule has 1 fully saturated rings. The summed E-state index contributed by atoms with van der Waals surface area (Å²) in [6.45, 7) is 8.27. The Morgan fingerprint density at radius 2 is 1.91 bits per heavy atom. The molecular weight excluding hydrogens is 344 g/mol. The molecule has 1 aromatic carbocycles. The van der Waals surface area contributed by atoms with Crippen LogP contribution in [-0.2, 0) is 0 Å². The van der Waals surface area contributed by atoms with Crippen molar-refractivity contribution in [3.8, 4) is 0 Å². The van der Waals surface area contributed by atoms with Crippen LogP contribution in [0.25, 0.3) is 0 Å². The number of likely N-dealkylation sites (tertiary alicyclic amines) is 1. The van der Waals surface area contributed by atoms with E-state index in [0.717, 1.165) is 11.0 Å². The third-order valence-electron chi connectivity index (χ3n) is 4.25. The number of benzene rings is 1. The highest BCUT2D eigenvalue weighted by Crippen LogP contribution is 2.23. The normalized spacial score (nSPS) is 18.9. The average molecular weight is 369 g/mol. The van der Waals surface area contributed by atoms with E-state index in [2.05, 4.69) is 34.7 Å². The number of amides is 1. The van der Waals surface area contributed by atoms with Gasteiger partial charge in [0.25, 0.3) is 5.91 Å². The minimum absolute atomic E-state index is 0.0403. The molecule has 4 nitrogen and oxygen atoms in total. The van der Waals surface area contributed by atoms with Gasteiger partial charge in [-0.1, -0.05) is 29.8 Å². The zero-order valence-corrected chi connectivity index (χ0v) is 15.3. The van der Waals surface area contributed by atoms with Gasteiger partial charge < -0.3 is 10.0 Å². The summed E-state index contributed by atoms with van der Waals surface area (Å²) in [5.74, 6) is 0.397. The summed E-state index contributed by atoms with van der Waals surface area (Å²) in [5.41, 5.74) is 0.127. The van der Waals surface area contributed by atoms with Crippen LogP contribution in [0.5, 0.6) is 0 Å². The zero-order valence-electron chi connectivity index (χ0n) is 13.7. The highest BCUT2D eigenvalue weighted by atomic mass is 79.9. The summed E-state index contributed by atoms with van der Waals surface area (Å²) in [7, 11) is 1.87. The van der Waals surface area contributed by atoms with Crippen molar-refractivity contribution in [1.29, 1.82) is 0 Å². The Bertz CT molecular complexity index is 520. The van der Waals surface area contributed by atoms with E-state index in [4.69, 9.17) is 0 Å². The Labute approximate surface area is 141 Å². The molecule has 1 aromatic rings. The number of nitrogens with zero attached hydrogens (tertiary/aromatic N) is 2. The summed E-state index contributed by atoms with van der Waals surface area (Å²) in [6, 6.07) is 7.59. The molecule has 0 aliphatic carbocycles. The van der Waals surface area contributed by atoms with Crippen molar-refractivity contribution in [2.45, 2.75) is 32.4 Å². The van der Waals surface area contributed by atoms with Crippen LogP contribution in [0.4, 0.5) is 0 Å². The third-order valence-corrected chi connectivity index (χ3v) is 4.78. The fourth-order valence-corrected chi connectivity index (χ4v) is 3.30. The van der Waals surface area contributed by atoms with Crippen LogP contribution in [0.3, 0.4) is 0 Å². The predicted octanol–water partition coefficient (Wildman–Crippen LogP) is 2.61. The van der Waals surface area contributed by atoms with Crippen molar-refractivity contribution in [2.24, 2.45) is 5.92 Å². The highest BCUT2D eigenvalue weighted by Gasteiger charge is 2.38. The van der Waals surface area contributed by atoms with Gasteiger partial charge in [0.1, 0.15) is 0 Å². The number of hydrogen-bond donors (Lipinski definition) is 1. The van der Waals surface area contributed by atoms with Gasteiger partial charge in [-0.3, -0.25) is 9.69 Å². The van der Waals surface area contributed by atoms with Crippen LogP contribution >= 0.6 is 15.9 Å². The fraction of sp³-hybridized carbons (Fsp3) is 0.588. The smallest absolute Gasteiger partial charge is 0.253 e. The first-order chi connectivity index (χ1) is 10.2. The van der Waals surface area contributed by atoms with Crippen LogP contribution in [0.15, 0.2) is 28.7 Å². The first kappa shape index (κ1) is 17.4. The standard InChI is InChI=1S/C17H25BrN2O2/c1-12(2)15(9-20-10-17(3,22)11-20)19(4)16(21)13-5-7-14(18)8-6-13/h5-8,12,15,22H,9-11H2,1-4H3. The van der Waals surface area contributed by atoms with E-state index in [0.29, 0.717) is 24.6 Å². The van der Waals surface area contributed by atoms with E-state index in [9.17, 15) is 9.90 Å². The molecular formula is C17H25BrN2O2. The minimum atomic E-state index is -0.574. The van der Waals surface area contributed by atoms with Crippen molar-refractivity contribution < 1.29 is 9.90 Å². The summed E-state index contributed by atoms with van der Waals surface area (Å²) in [5, 5.41) is 9.86. The van der Waals surface area contributed by atoms with Crippen LogP contribution in [0, 0.1) is 5.92 Å². The first-order valence-electron chi connectivity index (χ1n) is 7.67. The molecule has 22 heavy (non-hydrogen) atoms. The quantitative estimate of drug-likeness (QED) is 0.868. The molecule has 122 valence electrons. The molecule has 1 unspecified atom stereocenters. The molecule has 1 aliphatic rings. The topological polar surface area (TPSA) is 43.8 Å². The molecule has 1 saturated heterocycles. The predicted molar refractivity (Wildman–Crippen MR) is 91.9 cm³/mol. The Hall–Kier alpha value is -0.910. The summed E-state index contributed by atoms with van der Waals surface area (Å²) < 4.78 is 0.968. The number of rotatable bonds is 5. The van der Waals surface area contributed by atoms with Crippen molar-refractivity contribution in [2.75, 3.05) is 26.7 Å². The lowest BCUT2D eigenvalue weighted by atomic mass is 9.93. The average Bonchev–Trinajstić information content (AvgIpc) is 2.41. The van der Waals surface area contributed by atoms with Crippen molar-refractivity contribution in [3.05, 3.63) is 34.3 Å². The highest BCUT2D eigenvalue weighted by molar-refractivity contribution is 9.10. The van der Waals surface area contributed by atoms with Gasteiger partial charge in [0, 0.05) is 42.8 Å². The molecule has 2 rings (SSSR count). The summed E-state index contributed by atoms with van der Waals surface area (Å²) in [6.07, 6.45) is 0. The van der Waals surface area contributed by atoms with Gasteiger partial charge in [0.15, 0.2) is 0 Å². The van der Waals surface area contributed by atoms with Gasteiger partial charge in [-0.15, -0.1) is 0 Å². The number of likely N-dealkylation sites (N-methyl/N-ethyl adjacent to an activating group) is 1. The maximum absolute atomic E-state index is 12.7. The Kier molecular flexibility index (Phi) is 5.30. The zero-order chi connectivity index (χ0) is 16.5. The van der Waals surface area contributed by atoms with Crippen molar-refractivity contribution in [3.63, 3.8) is 0 Å². The molecule has 0 radical (unpaired) electrons. The van der Waals surface area contributed by atoms with Crippen molar-refractivity contribution >= 4 is 21.8 Å². The molecule has 1 atom stereocenters. The summed E-state index contributed by atoms with van der Waals surface area (Å²) >= 11 is 3.39. The maximum Gasteiger partial charge on any atom is 0.253 e. The molecule has 1 amide bonds. The molecule has 1 N–H and O–H groups in total. The van der Waals surface area contributed by atoms with Gasteiger partial charge >= 0.3 is 0 Å². The molecule has 5 heteroatoms. The maximum atomic E-state index is 12.7. The Morgan fingerprint density at radius 3 is 2.36 bits per heavy atom. The molecule has 1 aliphatic heterocycles. The number of β-amino-alcohol motifs (C(OH)–C–C–N with tert-alkyl or cyclic N) is 1. The minimum Gasteiger partial charge on any atom is -0.388 e. The van der Waals surface area contributed by atoms with E-state index in [1.54, 1.807) is 0 Å². The second kappa shape index (κ2) is 6.69. The molecule has 0 bridgehead atoms. The van der Waals surface area contributed by atoms with E-state index >= 15 is 0 Å². The number of hydrogen-bond acceptors (Lipinski definition) is 3. The second-order valence-electron chi connectivity index (χ2n) is 6.90. The number of aliphatic hydroxyl groups is 1. The van der Waals surface area contributed by atoms with Gasteiger partial charge in [0.05, 0.1) is 5.60 Å². The number of halogens is 1. The lowest BCUT2D eigenvalue weighted by molar-refractivity contribution is -0.0911. The van der Waals surface area contributed by atoms with Gasteiger partial charge in [0.2, 0.25) is 0 Å². The van der Waals surface area contributed by atoms with Crippen LogP contribution in [-0.4, -0.2) is 59.1 Å². The molecule has 0 aromatic heterocycles. The van der Waals surface area contributed by atoms with E-state index < -0.39 is 5.60 Å². The molecule has 1 heterocycles. The van der Waals surface area contributed by atoms with Crippen molar-refractivity contribution in [1.82, 2.24) is 9.80 Å². The van der Waals surface area contributed by atoms with Crippen LogP contribution in [0.2, 0.25) is 0 Å². The lowest BCUT2D eigenvalue weighted by Crippen LogP contribution is -2.63. The molecule has 0 saturated carbocycles. The number of carbonyl (C=O) groups is 1. The Morgan fingerprint density at radius 1 is 1.36 bits per heavy atom. The Balaban J connectivity index is 2.04. The summed E-state index contributed by atoms with van der Waals surface area (Å²) in [4.78, 5) is 16.7. The van der Waals surface area contributed by atoms with Crippen LogP contribution < -0.4 is 0 Å². The third kappa shape index (κ3) is 4.09. The van der Waals surface area contributed by atoms with Gasteiger partial charge in [-0.25, -0.2) is 0 Å². The largest absolute Gasteiger partial charge is 0.388 e. The molecule has 0 spiro atoms. The lowest BCUT2D eigenvalue weighted by Gasteiger charge is -2.47. The van der Waals surface area contributed by atoms with Crippen LogP contribution in [0.1, 0.15) is 31.1 Å². The van der Waals surface area contributed by atoms with E-state index in [1.165, 1.54) is 0 Å². The van der Waals surface area contributed by atoms with E-state index in [-0.39, 0.29) is 11.9 Å². The van der Waals surface area contributed by atoms with E-state index in [1.807, 2.05) is 43.1 Å². The van der Waals surface area contributed by atoms with Gasteiger partial charge in [-0.05, 0) is 37.1 Å². The fourth-order valence-electron chi connectivity index (χ4n) is 3.04.